The molecular formula is C24H23FN6O. The molecule has 3 N–H and O–H groups in total. The topological polar surface area (TPSA) is 88.5 Å². The highest BCUT2D eigenvalue weighted by Gasteiger charge is 2.31. The van der Waals surface area contributed by atoms with Crippen molar-refractivity contribution < 1.29 is 9.18 Å². The van der Waals surface area contributed by atoms with Gasteiger partial charge in [0.2, 0.25) is 0 Å². The molecule has 8 heteroatoms. The number of aryl methyl sites for hydroxylation is 1. The Labute approximate surface area is 184 Å². The van der Waals surface area contributed by atoms with Gasteiger partial charge in [0, 0.05) is 24.8 Å². The van der Waals surface area contributed by atoms with Crippen LogP contribution in [0.2, 0.25) is 0 Å². The quantitative estimate of drug-likeness (QED) is 0.510. The number of nitrogen functional groups attached to an aromatic ring is 1. The van der Waals surface area contributed by atoms with E-state index in [9.17, 15) is 9.18 Å². The molecule has 0 aliphatic carbocycles. The average Bonchev–Trinajstić information content (AvgIpc) is 3.20. The maximum Gasteiger partial charge on any atom is 0.323 e. The molecule has 4 heterocycles. The van der Waals surface area contributed by atoms with Crippen LogP contribution in [0.4, 0.5) is 20.7 Å². The first-order chi connectivity index (χ1) is 15.5. The molecule has 1 aromatic carbocycles. The molecule has 162 valence electrons. The van der Waals surface area contributed by atoms with E-state index in [-0.39, 0.29) is 11.8 Å². The van der Waals surface area contributed by atoms with E-state index in [4.69, 9.17) is 5.73 Å². The third kappa shape index (κ3) is 3.87. The third-order valence-corrected chi connectivity index (χ3v) is 5.86. The molecule has 5 rings (SSSR count). The second-order valence-corrected chi connectivity index (χ2v) is 8.26. The van der Waals surface area contributed by atoms with Crippen molar-refractivity contribution >= 4 is 23.1 Å². The minimum Gasteiger partial charge on any atom is -0.396 e. The summed E-state index contributed by atoms with van der Waals surface area (Å²) in [6.07, 6.45) is 6.53. The Kier molecular flexibility index (Phi) is 4.97. The molecule has 0 unspecified atom stereocenters. The van der Waals surface area contributed by atoms with E-state index in [1.54, 1.807) is 29.4 Å². The van der Waals surface area contributed by atoms with Gasteiger partial charge in [-0.05, 0) is 72.9 Å². The number of aromatic nitrogens is 3. The Bertz CT molecular complexity index is 1310. The predicted molar refractivity (Wildman–Crippen MR) is 122 cm³/mol. The van der Waals surface area contributed by atoms with Gasteiger partial charge in [-0.2, -0.15) is 0 Å². The van der Waals surface area contributed by atoms with Gasteiger partial charge in [-0.15, -0.1) is 0 Å². The molecule has 0 atom stereocenters. The summed E-state index contributed by atoms with van der Waals surface area (Å²) in [5.41, 5.74) is 10.9. The molecule has 1 fully saturated rings. The normalized spacial score (nSPS) is 13.9. The molecule has 0 radical (unpaired) electrons. The van der Waals surface area contributed by atoms with Crippen molar-refractivity contribution in [2.24, 2.45) is 5.92 Å². The lowest BCUT2D eigenvalue weighted by atomic mass is 9.93. The number of nitrogens with two attached hydrogens (primary N) is 1. The van der Waals surface area contributed by atoms with Gasteiger partial charge in [0.1, 0.15) is 5.82 Å². The van der Waals surface area contributed by atoms with Crippen LogP contribution in [0.3, 0.4) is 0 Å². The Hall–Kier alpha value is -3.94. The van der Waals surface area contributed by atoms with Crippen LogP contribution in [-0.4, -0.2) is 38.4 Å². The zero-order valence-corrected chi connectivity index (χ0v) is 17.6. The molecule has 2 amide bonds. The number of nitrogens with zero attached hydrogens (tertiary/aromatic N) is 4. The maximum absolute atomic E-state index is 13.4. The third-order valence-electron chi connectivity index (χ3n) is 5.86. The molecule has 0 bridgehead atoms. The van der Waals surface area contributed by atoms with Gasteiger partial charge >= 0.3 is 6.03 Å². The highest BCUT2D eigenvalue weighted by molar-refractivity contribution is 5.92. The number of halogens is 1. The van der Waals surface area contributed by atoms with Crippen LogP contribution in [0.15, 0.2) is 61.2 Å². The second-order valence-electron chi connectivity index (χ2n) is 8.26. The summed E-state index contributed by atoms with van der Waals surface area (Å²) in [6.45, 7) is 3.17. The van der Waals surface area contributed by atoms with Gasteiger partial charge in [-0.25, -0.2) is 19.2 Å². The Morgan fingerprint density at radius 1 is 1.22 bits per heavy atom. The van der Waals surface area contributed by atoms with Crippen molar-refractivity contribution in [1.82, 2.24) is 19.3 Å². The lowest BCUT2D eigenvalue weighted by Crippen LogP contribution is -2.52. The minimum atomic E-state index is -0.298. The first-order valence-corrected chi connectivity index (χ1v) is 10.5. The molecule has 3 aromatic heterocycles. The summed E-state index contributed by atoms with van der Waals surface area (Å²) in [6, 6.07) is 12.0. The van der Waals surface area contributed by atoms with E-state index >= 15 is 0 Å². The zero-order chi connectivity index (χ0) is 22.2. The fourth-order valence-electron chi connectivity index (χ4n) is 4.11. The zero-order valence-electron chi connectivity index (χ0n) is 17.6. The van der Waals surface area contributed by atoms with E-state index in [0.29, 0.717) is 36.2 Å². The number of pyridine rings is 2. The van der Waals surface area contributed by atoms with Crippen LogP contribution in [-0.2, 0) is 6.42 Å². The van der Waals surface area contributed by atoms with Crippen molar-refractivity contribution in [2.75, 3.05) is 24.1 Å². The number of amides is 2. The van der Waals surface area contributed by atoms with Gasteiger partial charge in [0.25, 0.3) is 0 Å². The lowest BCUT2D eigenvalue weighted by Gasteiger charge is -2.39. The number of fused-ring (bicyclic) bond motifs is 1. The molecule has 1 aliphatic heterocycles. The molecule has 4 aromatic rings. The standard InChI is InChI=1S/C24H23FN6O/c1-15-8-18(25)2-3-20(15)22-5-4-21(26)23(28-22)29-24(32)31-12-17(13-31)9-16-6-7-30-14-27-11-19(30)10-16/h2-8,10-11,14,17H,9,12-13,26H2,1H3,(H,28,29,32). The average molecular weight is 430 g/mol. The van der Waals surface area contributed by atoms with Crippen LogP contribution in [0, 0.1) is 18.7 Å². The number of urea groups is 1. The van der Waals surface area contributed by atoms with E-state index in [0.717, 1.165) is 23.1 Å². The van der Waals surface area contributed by atoms with Crippen molar-refractivity contribution in [1.29, 1.82) is 0 Å². The van der Waals surface area contributed by atoms with E-state index in [1.165, 1.54) is 17.7 Å². The smallest absolute Gasteiger partial charge is 0.323 e. The highest BCUT2D eigenvalue weighted by Crippen LogP contribution is 2.28. The van der Waals surface area contributed by atoms with Gasteiger partial charge in [-0.3, -0.25) is 5.32 Å². The SMILES string of the molecule is Cc1cc(F)ccc1-c1ccc(N)c(NC(=O)N2CC(Cc3ccn4cncc4c3)C2)n1. The van der Waals surface area contributed by atoms with Crippen LogP contribution < -0.4 is 11.1 Å². The van der Waals surface area contributed by atoms with E-state index < -0.39 is 0 Å². The van der Waals surface area contributed by atoms with Gasteiger partial charge in [0.05, 0.1) is 29.4 Å². The highest BCUT2D eigenvalue weighted by atomic mass is 19.1. The number of imidazole rings is 1. The number of anilines is 2. The molecule has 0 spiro atoms. The number of likely N-dealkylation sites (tertiary alicyclic amines) is 1. The summed E-state index contributed by atoms with van der Waals surface area (Å²) < 4.78 is 15.4. The van der Waals surface area contributed by atoms with Crippen LogP contribution in [0.25, 0.3) is 16.8 Å². The number of nitrogens with one attached hydrogen (secondary N) is 1. The van der Waals surface area contributed by atoms with E-state index in [1.807, 2.05) is 23.7 Å². The van der Waals surface area contributed by atoms with Gasteiger partial charge in [-0.1, -0.05) is 0 Å². The van der Waals surface area contributed by atoms with Crippen molar-refractivity contribution in [3.8, 4) is 11.3 Å². The Balaban J connectivity index is 1.22. The summed E-state index contributed by atoms with van der Waals surface area (Å²) in [5.74, 6) is 0.420. The first-order valence-electron chi connectivity index (χ1n) is 10.5. The van der Waals surface area contributed by atoms with Crippen molar-refractivity contribution in [3.63, 3.8) is 0 Å². The summed E-state index contributed by atoms with van der Waals surface area (Å²) in [5, 5.41) is 2.82. The predicted octanol–water partition coefficient (Wildman–Crippen LogP) is 4.13. The number of benzene rings is 1. The first kappa shape index (κ1) is 20.0. The molecule has 1 aliphatic rings. The molecule has 7 nitrogen and oxygen atoms in total. The number of carbonyl (C=O) groups excluding carboxylic acids is 1. The molecular weight excluding hydrogens is 407 g/mol. The monoisotopic (exact) mass is 430 g/mol. The summed E-state index contributed by atoms with van der Waals surface area (Å²) in [4.78, 5) is 23.1. The van der Waals surface area contributed by atoms with Gasteiger partial charge < -0.3 is 15.0 Å². The van der Waals surface area contributed by atoms with E-state index in [2.05, 4.69) is 27.4 Å². The Morgan fingerprint density at radius 2 is 2.06 bits per heavy atom. The molecule has 32 heavy (non-hydrogen) atoms. The number of hydrogen-bond acceptors (Lipinski definition) is 4. The van der Waals surface area contributed by atoms with Crippen LogP contribution in [0.5, 0.6) is 0 Å². The van der Waals surface area contributed by atoms with Crippen LogP contribution in [0.1, 0.15) is 11.1 Å². The Morgan fingerprint density at radius 3 is 2.88 bits per heavy atom. The fourth-order valence-corrected chi connectivity index (χ4v) is 4.11. The maximum atomic E-state index is 13.4. The van der Waals surface area contributed by atoms with Crippen molar-refractivity contribution in [3.05, 3.63) is 78.1 Å². The number of carbonyl (C=O) groups is 1. The molecule has 0 saturated carbocycles. The summed E-state index contributed by atoms with van der Waals surface area (Å²) >= 11 is 0. The second kappa shape index (κ2) is 7.96. The lowest BCUT2D eigenvalue weighted by molar-refractivity contribution is 0.131. The minimum absolute atomic E-state index is 0.223. The largest absolute Gasteiger partial charge is 0.396 e. The van der Waals surface area contributed by atoms with Crippen LogP contribution >= 0.6 is 0 Å². The summed E-state index contributed by atoms with van der Waals surface area (Å²) in [7, 11) is 0. The van der Waals surface area contributed by atoms with Gasteiger partial charge in [0.15, 0.2) is 5.82 Å². The fraction of sp³-hybridized carbons (Fsp3) is 0.208. The number of rotatable bonds is 4. The van der Waals surface area contributed by atoms with Crippen molar-refractivity contribution in [2.45, 2.75) is 13.3 Å². The number of hydrogen-bond donors (Lipinski definition) is 2. The molecule has 1 saturated heterocycles.